The van der Waals surface area contributed by atoms with Crippen LogP contribution in [-0.2, 0) is 9.53 Å². The summed E-state index contributed by atoms with van der Waals surface area (Å²) in [7, 11) is 0. The maximum absolute atomic E-state index is 11.4. The summed E-state index contributed by atoms with van der Waals surface area (Å²) in [6.45, 7) is 2.02. The number of ether oxygens (including phenoxy) is 2. The van der Waals surface area contributed by atoms with Gasteiger partial charge in [-0.1, -0.05) is 6.07 Å². The molecule has 2 rings (SSSR count). The van der Waals surface area contributed by atoms with Crippen molar-refractivity contribution in [3.8, 4) is 5.75 Å². The van der Waals surface area contributed by atoms with Gasteiger partial charge in [-0.15, -0.1) is 0 Å². The highest BCUT2D eigenvalue weighted by atomic mass is 127. The maximum atomic E-state index is 11.4. The first-order valence-corrected chi connectivity index (χ1v) is 7.80. The average molecular weight is 483 g/mol. The molecule has 0 spiro atoms. The smallest absolute Gasteiger partial charge is 0.344 e. The molecule has 0 aliphatic heterocycles. The molecule has 4 nitrogen and oxygen atoms in total. The van der Waals surface area contributed by atoms with Gasteiger partial charge in [-0.3, -0.25) is 4.98 Å². The lowest BCUT2D eigenvalue weighted by atomic mass is 10.2. The van der Waals surface area contributed by atoms with Crippen LogP contribution in [0.1, 0.15) is 6.92 Å². The molecule has 2 aromatic rings. The molecule has 0 unspecified atom stereocenters. The van der Waals surface area contributed by atoms with Crippen molar-refractivity contribution in [1.82, 2.24) is 4.98 Å². The Hall–Kier alpha value is -0.640. The highest BCUT2D eigenvalue weighted by molar-refractivity contribution is 14.1. The third-order valence-corrected chi connectivity index (χ3v) is 4.08. The Morgan fingerprint density at radius 3 is 2.89 bits per heavy atom. The molecule has 100 valence electrons. The molecule has 0 atom stereocenters. The summed E-state index contributed by atoms with van der Waals surface area (Å²) in [5.74, 6) is 0.255. The number of halogens is 2. The number of nitrogens with zero attached hydrogens (tertiary/aromatic N) is 1. The van der Waals surface area contributed by atoms with Crippen LogP contribution in [0.3, 0.4) is 0 Å². The van der Waals surface area contributed by atoms with E-state index in [1.54, 1.807) is 13.1 Å². The van der Waals surface area contributed by atoms with Crippen molar-refractivity contribution in [2.75, 3.05) is 13.2 Å². The number of benzene rings is 1. The van der Waals surface area contributed by atoms with E-state index in [-0.39, 0.29) is 12.6 Å². The normalized spacial score (nSPS) is 10.5. The maximum Gasteiger partial charge on any atom is 0.344 e. The number of hydrogen-bond donors (Lipinski definition) is 0. The zero-order chi connectivity index (χ0) is 13.8. The molecule has 19 heavy (non-hydrogen) atoms. The molecule has 1 aromatic carbocycles. The van der Waals surface area contributed by atoms with E-state index in [1.807, 2.05) is 18.2 Å². The summed E-state index contributed by atoms with van der Waals surface area (Å²) in [5, 5.41) is 1.02. The molecule has 1 heterocycles. The van der Waals surface area contributed by atoms with Crippen LogP contribution < -0.4 is 4.74 Å². The van der Waals surface area contributed by atoms with E-state index in [9.17, 15) is 4.79 Å². The summed E-state index contributed by atoms with van der Waals surface area (Å²) in [4.78, 5) is 15.7. The molecule has 0 bridgehead atoms. The molecule has 0 saturated carbocycles. The van der Waals surface area contributed by atoms with Gasteiger partial charge in [0.1, 0.15) is 5.52 Å². The first-order valence-electron chi connectivity index (χ1n) is 5.64. The first kappa shape index (κ1) is 14.8. The summed E-state index contributed by atoms with van der Waals surface area (Å²) in [6.07, 6.45) is 1.71. The van der Waals surface area contributed by atoms with E-state index >= 15 is 0 Å². The first-order chi connectivity index (χ1) is 9.13. The number of carbonyl (C=O) groups excluding carboxylic acids is 1. The van der Waals surface area contributed by atoms with Gasteiger partial charge in [0, 0.05) is 15.2 Å². The number of fused-ring (bicyclic) bond motifs is 1. The van der Waals surface area contributed by atoms with Crippen molar-refractivity contribution in [2.45, 2.75) is 6.92 Å². The van der Waals surface area contributed by atoms with Crippen molar-refractivity contribution in [2.24, 2.45) is 0 Å². The second-order valence-electron chi connectivity index (χ2n) is 3.66. The zero-order valence-electron chi connectivity index (χ0n) is 10.2. The van der Waals surface area contributed by atoms with Gasteiger partial charge in [0.05, 0.1) is 10.2 Å². The molecule has 6 heteroatoms. The molecular weight excluding hydrogens is 472 g/mol. The quantitative estimate of drug-likeness (QED) is 0.495. The van der Waals surface area contributed by atoms with Gasteiger partial charge in [-0.05, 0) is 64.2 Å². The molecule has 0 radical (unpaired) electrons. The minimum absolute atomic E-state index is 0.101. The van der Waals surface area contributed by atoms with E-state index in [1.165, 1.54) is 0 Å². The zero-order valence-corrected chi connectivity index (χ0v) is 14.5. The minimum atomic E-state index is -0.374. The lowest BCUT2D eigenvalue weighted by Crippen LogP contribution is -2.15. The Balaban J connectivity index is 2.34. The fraction of sp³-hybridized carbons (Fsp3) is 0.231. The molecule has 0 aliphatic rings. The van der Waals surface area contributed by atoms with Gasteiger partial charge in [-0.25, -0.2) is 4.79 Å². The lowest BCUT2D eigenvalue weighted by molar-refractivity contribution is -0.145. The summed E-state index contributed by atoms with van der Waals surface area (Å²) < 4.78 is 12.5. The van der Waals surface area contributed by atoms with Gasteiger partial charge in [0.25, 0.3) is 0 Å². The monoisotopic (exact) mass is 483 g/mol. The number of carbonyl (C=O) groups is 1. The summed E-state index contributed by atoms with van der Waals surface area (Å²) in [6, 6.07) is 5.87. The highest BCUT2D eigenvalue weighted by Gasteiger charge is 2.13. The third-order valence-electron chi connectivity index (χ3n) is 2.39. The molecular formula is C13H11I2NO3. The van der Waals surface area contributed by atoms with Crippen LogP contribution in [-0.4, -0.2) is 24.2 Å². The van der Waals surface area contributed by atoms with Crippen LogP contribution in [0.25, 0.3) is 10.9 Å². The fourth-order valence-corrected chi connectivity index (χ4v) is 3.68. The van der Waals surface area contributed by atoms with Crippen LogP contribution in [0.4, 0.5) is 0 Å². The van der Waals surface area contributed by atoms with E-state index < -0.39 is 0 Å². The number of pyridine rings is 1. The second-order valence-corrected chi connectivity index (χ2v) is 5.99. The largest absolute Gasteiger partial charge is 0.478 e. The van der Waals surface area contributed by atoms with Crippen molar-refractivity contribution >= 4 is 62.1 Å². The van der Waals surface area contributed by atoms with Gasteiger partial charge < -0.3 is 9.47 Å². The summed E-state index contributed by atoms with van der Waals surface area (Å²) in [5.41, 5.74) is 0.767. The molecule has 0 fully saturated rings. The van der Waals surface area contributed by atoms with Gasteiger partial charge in [0.2, 0.25) is 0 Å². The van der Waals surface area contributed by atoms with Crippen LogP contribution in [0.2, 0.25) is 0 Å². The Kier molecular flexibility index (Phi) is 5.20. The van der Waals surface area contributed by atoms with E-state index in [2.05, 4.69) is 50.2 Å². The molecule has 1 aromatic heterocycles. The predicted octanol–water partition coefficient (Wildman–Crippen LogP) is 3.39. The van der Waals surface area contributed by atoms with E-state index in [4.69, 9.17) is 9.47 Å². The number of rotatable bonds is 4. The molecule has 0 amide bonds. The lowest BCUT2D eigenvalue weighted by Gasteiger charge is -2.11. The van der Waals surface area contributed by atoms with Crippen molar-refractivity contribution in [3.63, 3.8) is 0 Å². The van der Waals surface area contributed by atoms with Gasteiger partial charge >= 0.3 is 5.97 Å². The van der Waals surface area contributed by atoms with Crippen LogP contribution >= 0.6 is 45.2 Å². The third kappa shape index (κ3) is 3.47. The standard InChI is InChI=1S/C13H11I2NO3/c1-2-18-11(17)7-19-13-10(15)6-9(14)8-4-3-5-16-12(8)13/h3-6H,2,7H2,1H3. The SMILES string of the molecule is CCOC(=O)COc1c(I)cc(I)c2cccnc12. The topological polar surface area (TPSA) is 48.4 Å². The Morgan fingerprint density at radius 2 is 2.16 bits per heavy atom. The van der Waals surface area contributed by atoms with Crippen LogP contribution in [0, 0.1) is 7.14 Å². The average Bonchev–Trinajstić information content (AvgIpc) is 2.39. The fourth-order valence-electron chi connectivity index (χ4n) is 1.62. The number of esters is 1. The predicted molar refractivity (Wildman–Crippen MR) is 89.3 cm³/mol. The van der Waals surface area contributed by atoms with Crippen LogP contribution in [0.5, 0.6) is 5.75 Å². The van der Waals surface area contributed by atoms with Crippen molar-refractivity contribution in [3.05, 3.63) is 31.5 Å². The molecule has 0 saturated heterocycles. The van der Waals surface area contributed by atoms with Crippen molar-refractivity contribution in [1.29, 1.82) is 0 Å². The van der Waals surface area contributed by atoms with Gasteiger partial charge in [-0.2, -0.15) is 0 Å². The molecule has 0 N–H and O–H groups in total. The number of hydrogen-bond acceptors (Lipinski definition) is 4. The highest BCUT2D eigenvalue weighted by Crippen LogP contribution is 2.32. The second kappa shape index (κ2) is 6.69. The van der Waals surface area contributed by atoms with Crippen LogP contribution in [0.15, 0.2) is 24.4 Å². The van der Waals surface area contributed by atoms with Crippen molar-refractivity contribution < 1.29 is 14.3 Å². The Morgan fingerprint density at radius 1 is 1.37 bits per heavy atom. The Bertz CT molecular complexity index is 616. The Labute approximate surface area is 138 Å². The summed E-state index contributed by atoms with van der Waals surface area (Å²) >= 11 is 4.44. The number of aromatic nitrogens is 1. The van der Waals surface area contributed by atoms with Gasteiger partial charge in [0.15, 0.2) is 12.4 Å². The molecule has 0 aliphatic carbocycles. The van der Waals surface area contributed by atoms with E-state index in [0.29, 0.717) is 12.4 Å². The van der Waals surface area contributed by atoms with E-state index in [0.717, 1.165) is 18.0 Å². The minimum Gasteiger partial charge on any atom is -0.478 e.